The summed E-state index contributed by atoms with van der Waals surface area (Å²) in [7, 11) is 1.86. The Balaban J connectivity index is 1.59. The monoisotopic (exact) mass is 342 g/mol. The first-order valence-electron chi connectivity index (χ1n) is 9.00. The van der Waals surface area contributed by atoms with Crippen LogP contribution in [0.2, 0.25) is 0 Å². The number of carbonyl (C=O) groups excluding carboxylic acids is 1. The minimum absolute atomic E-state index is 0.0849. The molecule has 1 fully saturated rings. The molecule has 6 heteroatoms. The quantitative estimate of drug-likeness (QED) is 0.834. The van der Waals surface area contributed by atoms with E-state index in [0.717, 1.165) is 43.9 Å². The highest BCUT2D eigenvalue weighted by atomic mass is 16.5. The molecule has 1 atom stereocenters. The fourth-order valence-corrected chi connectivity index (χ4v) is 3.19. The zero-order valence-electron chi connectivity index (χ0n) is 15.2. The summed E-state index contributed by atoms with van der Waals surface area (Å²) in [6.07, 6.45) is 4.63. The number of piperidine rings is 1. The summed E-state index contributed by atoms with van der Waals surface area (Å²) in [5, 5.41) is 4.05. The molecule has 1 amide bonds. The molecule has 1 saturated heterocycles. The van der Waals surface area contributed by atoms with Crippen LogP contribution in [0, 0.1) is 0 Å². The number of amides is 1. The highest BCUT2D eigenvalue weighted by Gasteiger charge is 2.28. The van der Waals surface area contributed by atoms with E-state index in [1.807, 2.05) is 31.4 Å². The summed E-state index contributed by atoms with van der Waals surface area (Å²) in [4.78, 5) is 21.2. The molecule has 0 bridgehead atoms. The van der Waals surface area contributed by atoms with Crippen LogP contribution in [0.5, 0.6) is 0 Å². The van der Waals surface area contributed by atoms with Crippen LogP contribution in [-0.2, 0) is 0 Å². The van der Waals surface area contributed by atoms with E-state index in [-0.39, 0.29) is 11.9 Å². The molecule has 1 aliphatic heterocycles. The molecule has 0 radical (unpaired) electrons. The zero-order valence-corrected chi connectivity index (χ0v) is 15.2. The van der Waals surface area contributed by atoms with Crippen molar-refractivity contribution < 1.29 is 9.32 Å². The van der Waals surface area contributed by atoms with Crippen molar-refractivity contribution in [2.24, 2.45) is 0 Å². The van der Waals surface area contributed by atoms with Crippen LogP contribution in [0.1, 0.15) is 55.3 Å². The Labute approximate surface area is 148 Å². The molecule has 0 N–H and O–H groups in total. The van der Waals surface area contributed by atoms with Crippen LogP contribution in [0.25, 0.3) is 0 Å². The minimum atomic E-state index is -0.0849. The summed E-state index contributed by atoms with van der Waals surface area (Å²) in [5.74, 6) is 1.56. The third-order valence-electron chi connectivity index (χ3n) is 5.16. The summed E-state index contributed by atoms with van der Waals surface area (Å²) in [5.41, 5.74) is 0.851. The van der Waals surface area contributed by atoms with Crippen molar-refractivity contribution in [3.8, 4) is 0 Å². The number of anilines is 1. The van der Waals surface area contributed by atoms with E-state index < -0.39 is 0 Å². The Morgan fingerprint density at radius 2 is 2.16 bits per heavy atom. The Kier molecular flexibility index (Phi) is 5.36. The van der Waals surface area contributed by atoms with Crippen LogP contribution >= 0.6 is 0 Å². The average molecular weight is 342 g/mol. The molecule has 3 heterocycles. The molecule has 0 aromatic carbocycles. The number of hydrogen-bond acceptors (Lipinski definition) is 5. The van der Waals surface area contributed by atoms with Crippen molar-refractivity contribution >= 4 is 11.7 Å². The van der Waals surface area contributed by atoms with Gasteiger partial charge in [0.2, 0.25) is 5.76 Å². The Morgan fingerprint density at radius 1 is 1.40 bits per heavy atom. The van der Waals surface area contributed by atoms with Crippen LogP contribution in [0.3, 0.4) is 0 Å². The molecule has 2 aromatic rings. The van der Waals surface area contributed by atoms with Gasteiger partial charge in [0.15, 0.2) is 0 Å². The highest BCUT2D eigenvalue weighted by Crippen LogP contribution is 2.23. The topological polar surface area (TPSA) is 62.5 Å². The second-order valence-electron chi connectivity index (χ2n) is 6.75. The molecule has 134 valence electrons. The van der Waals surface area contributed by atoms with Crippen molar-refractivity contribution in [2.75, 3.05) is 25.0 Å². The van der Waals surface area contributed by atoms with E-state index in [2.05, 4.69) is 28.9 Å². The van der Waals surface area contributed by atoms with Gasteiger partial charge in [-0.05, 0) is 31.4 Å². The minimum Gasteiger partial charge on any atom is -0.356 e. The first kappa shape index (κ1) is 17.5. The molecule has 0 spiro atoms. The van der Waals surface area contributed by atoms with E-state index in [1.54, 1.807) is 11.0 Å². The number of aromatic nitrogens is 2. The van der Waals surface area contributed by atoms with Gasteiger partial charge in [-0.25, -0.2) is 4.98 Å². The van der Waals surface area contributed by atoms with Crippen molar-refractivity contribution in [1.82, 2.24) is 15.0 Å². The van der Waals surface area contributed by atoms with Gasteiger partial charge in [-0.2, -0.15) is 0 Å². The predicted octanol–water partition coefficient (Wildman–Crippen LogP) is 3.32. The fourth-order valence-electron chi connectivity index (χ4n) is 3.19. The first-order valence-corrected chi connectivity index (χ1v) is 9.00. The van der Waals surface area contributed by atoms with Crippen LogP contribution < -0.4 is 4.90 Å². The van der Waals surface area contributed by atoms with Crippen molar-refractivity contribution in [1.29, 1.82) is 0 Å². The lowest BCUT2D eigenvalue weighted by atomic mass is 10.0. The fraction of sp³-hybridized carbons (Fsp3) is 0.526. The second kappa shape index (κ2) is 7.68. The number of pyridine rings is 1. The Morgan fingerprint density at radius 3 is 2.80 bits per heavy atom. The molecule has 0 unspecified atom stereocenters. The summed E-state index contributed by atoms with van der Waals surface area (Å²) < 4.78 is 5.29. The van der Waals surface area contributed by atoms with E-state index in [0.29, 0.717) is 11.7 Å². The van der Waals surface area contributed by atoms with Gasteiger partial charge in [-0.1, -0.05) is 25.1 Å². The molecule has 6 nitrogen and oxygen atoms in total. The lowest BCUT2D eigenvalue weighted by Gasteiger charge is -2.36. The molecule has 3 rings (SSSR count). The molecule has 25 heavy (non-hydrogen) atoms. The van der Waals surface area contributed by atoms with E-state index in [4.69, 9.17) is 4.52 Å². The maximum atomic E-state index is 12.7. The number of rotatable bonds is 5. The predicted molar refractivity (Wildman–Crippen MR) is 96.8 cm³/mol. The third-order valence-corrected chi connectivity index (χ3v) is 5.16. The summed E-state index contributed by atoms with van der Waals surface area (Å²) >= 11 is 0. The average Bonchev–Trinajstić information content (AvgIpc) is 3.17. The zero-order chi connectivity index (χ0) is 17.8. The lowest BCUT2D eigenvalue weighted by molar-refractivity contribution is 0.0667. The van der Waals surface area contributed by atoms with Gasteiger partial charge in [-0.15, -0.1) is 0 Å². The normalized spacial score (nSPS) is 16.7. The van der Waals surface area contributed by atoms with E-state index in [9.17, 15) is 4.79 Å². The van der Waals surface area contributed by atoms with Crippen LogP contribution in [0.4, 0.5) is 5.82 Å². The van der Waals surface area contributed by atoms with Gasteiger partial charge in [0.05, 0.1) is 5.69 Å². The standard InChI is InChI=1S/C19H26N4O2/c1-4-14(2)16-13-17(25-21-16)19(24)22(3)15-8-11-23(12-9-15)18-7-5-6-10-20-18/h5-7,10,13-15H,4,8-9,11-12H2,1-3H3/t14-/m0/s1. The Bertz CT molecular complexity index is 692. The summed E-state index contributed by atoms with van der Waals surface area (Å²) in [6.45, 7) is 5.98. The molecule has 0 aliphatic carbocycles. The molecular formula is C19H26N4O2. The highest BCUT2D eigenvalue weighted by molar-refractivity contribution is 5.91. The molecule has 1 aliphatic rings. The number of nitrogens with zero attached hydrogens (tertiary/aromatic N) is 4. The maximum Gasteiger partial charge on any atom is 0.292 e. The molecular weight excluding hydrogens is 316 g/mol. The van der Waals surface area contributed by atoms with Gasteiger partial charge in [0, 0.05) is 44.4 Å². The van der Waals surface area contributed by atoms with Crippen molar-refractivity contribution in [3.05, 3.63) is 41.9 Å². The van der Waals surface area contributed by atoms with Gasteiger partial charge in [-0.3, -0.25) is 4.79 Å². The van der Waals surface area contributed by atoms with E-state index in [1.165, 1.54) is 0 Å². The van der Waals surface area contributed by atoms with Crippen molar-refractivity contribution in [2.45, 2.75) is 45.1 Å². The maximum absolute atomic E-state index is 12.7. The molecule has 0 saturated carbocycles. The largest absolute Gasteiger partial charge is 0.356 e. The SMILES string of the molecule is CC[C@H](C)c1cc(C(=O)N(C)C2CCN(c3ccccn3)CC2)on1. The van der Waals surface area contributed by atoms with Crippen LogP contribution in [-0.4, -0.2) is 47.1 Å². The van der Waals surface area contributed by atoms with Crippen LogP contribution in [0.15, 0.2) is 35.0 Å². The molecule has 2 aromatic heterocycles. The number of carbonyl (C=O) groups is 1. The third kappa shape index (κ3) is 3.83. The first-order chi connectivity index (χ1) is 12.1. The van der Waals surface area contributed by atoms with Gasteiger partial charge in [0.25, 0.3) is 5.91 Å². The van der Waals surface area contributed by atoms with Gasteiger partial charge >= 0.3 is 0 Å². The lowest BCUT2D eigenvalue weighted by Crippen LogP contribution is -2.45. The Hall–Kier alpha value is -2.37. The smallest absolute Gasteiger partial charge is 0.292 e. The second-order valence-corrected chi connectivity index (χ2v) is 6.75. The van der Waals surface area contributed by atoms with E-state index >= 15 is 0 Å². The van der Waals surface area contributed by atoms with Gasteiger partial charge in [0.1, 0.15) is 5.82 Å². The number of hydrogen-bond donors (Lipinski definition) is 0. The van der Waals surface area contributed by atoms with Crippen molar-refractivity contribution in [3.63, 3.8) is 0 Å². The van der Waals surface area contributed by atoms with Gasteiger partial charge < -0.3 is 14.3 Å². The summed E-state index contributed by atoms with van der Waals surface area (Å²) in [6, 6.07) is 7.96.